The van der Waals surface area contributed by atoms with Crippen LogP contribution in [0.3, 0.4) is 0 Å². The molecule has 0 radical (unpaired) electrons. The van der Waals surface area contributed by atoms with Gasteiger partial charge in [-0.1, -0.05) is 44.2 Å². The van der Waals surface area contributed by atoms with Crippen molar-refractivity contribution in [1.82, 2.24) is 0 Å². The van der Waals surface area contributed by atoms with Gasteiger partial charge in [-0.15, -0.1) is 11.3 Å². The Balaban J connectivity index is 1.82. The van der Waals surface area contributed by atoms with Crippen molar-refractivity contribution in [2.24, 2.45) is 11.8 Å². The van der Waals surface area contributed by atoms with Crippen molar-refractivity contribution in [2.75, 3.05) is 12.0 Å². The summed E-state index contributed by atoms with van der Waals surface area (Å²) in [4.78, 5) is 43.1. The zero-order valence-electron chi connectivity index (χ0n) is 18.5. The van der Waals surface area contributed by atoms with Gasteiger partial charge < -0.3 is 4.74 Å². The van der Waals surface area contributed by atoms with Crippen molar-refractivity contribution in [3.8, 4) is 16.2 Å². The van der Waals surface area contributed by atoms with E-state index >= 15 is 0 Å². The highest BCUT2D eigenvalue weighted by molar-refractivity contribution is 7.15. The summed E-state index contributed by atoms with van der Waals surface area (Å²) >= 11 is 1.69. The molecular formula is C26H25NO4S. The number of ether oxygens (including phenoxy) is 1. The molecule has 2 aromatic carbocycles. The summed E-state index contributed by atoms with van der Waals surface area (Å²) in [5.41, 5.74) is 2.26. The first-order valence-corrected chi connectivity index (χ1v) is 11.4. The van der Waals surface area contributed by atoms with E-state index in [1.165, 1.54) is 9.78 Å². The van der Waals surface area contributed by atoms with Crippen LogP contribution in [0.1, 0.15) is 30.3 Å². The fourth-order valence-corrected chi connectivity index (χ4v) is 5.07. The van der Waals surface area contributed by atoms with Crippen LogP contribution in [0.25, 0.3) is 10.4 Å². The maximum atomic E-state index is 13.2. The maximum absolute atomic E-state index is 13.2. The number of benzene rings is 2. The molecule has 1 aliphatic heterocycles. The van der Waals surface area contributed by atoms with E-state index in [0.717, 1.165) is 10.4 Å². The molecule has 2 heterocycles. The van der Waals surface area contributed by atoms with E-state index in [1.54, 1.807) is 38.4 Å². The molecule has 6 heteroatoms. The minimum Gasteiger partial charge on any atom is -0.496 e. The van der Waals surface area contributed by atoms with Crippen molar-refractivity contribution >= 4 is 34.5 Å². The molecule has 1 aliphatic rings. The Morgan fingerprint density at radius 3 is 2.28 bits per heavy atom. The zero-order valence-corrected chi connectivity index (χ0v) is 19.3. The van der Waals surface area contributed by atoms with Gasteiger partial charge in [0.15, 0.2) is 0 Å². The summed E-state index contributed by atoms with van der Waals surface area (Å²) in [6.45, 7) is 5.56. The summed E-state index contributed by atoms with van der Waals surface area (Å²) in [5.74, 6) is -2.49. The van der Waals surface area contributed by atoms with Gasteiger partial charge in [0.1, 0.15) is 17.5 Å². The number of thiophene rings is 1. The minimum atomic E-state index is -1.07. The number of anilines is 1. The van der Waals surface area contributed by atoms with E-state index in [0.29, 0.717) is 17.0 Å². The van der Waals surface area contributed by atoms with Crippen molar-refractivity contribution in [2.45, 2.75) is 26.8 Å². The van der Waals surface area contributed by atoms with Crippen LogP contribution in [0.15, 0.2) is 60.7 Å². The lowest BCUT2D eigenvalue weighted by Crippen LogP contribution is -2.32. The van der Waals surface area contributed by atoms with Crippen LogP contribution in [-0.4, -0.2) is 24.6 Å². The fourth-order valence-electron chi connectivity index (χ4n) is 4.20. The van der Waals surface area contributed by atoms with Gasteiger partial charge in [0.2, 0.25) is 5.78 Å². The Morgan fingerprint density at radius 2 is 1.69 bits per heavy atom. The average molecular weight is 448 g/mol. The van der Waals surface area contributed by atoms with E-state index in [4.69, 9.17) is 4.74 Å². The number of hydrogen-bond donors (Lipinski definition) is 0. The van der Waals surface area contributed by atoms with Gasteiger partial charge in [0.05, 0.1) is 13.2 Å². The van der Waals surface area contributed by atoms with Crippen LogP contribution in [-0.2, 0) is 14.4 Å². The van der Waals surface area contributed by atoms with Gasteiger partial charge >= 0.3 is 0 Å². The SMILES string of the molecule is COc1ccccc1C1C(C(=O)C(C)C)C(=O)C(=O)N1c1ccc(-c2ccc(C)s2)cc1. The number of aryl methyl sites for hydroxylation is 1. The van der Waals surface area contributed by atoms with Gasteiger partial charge in [-0.05, 0) is 42.8 Å². The second kappa shape index (κ2) is 8.71. The molecule has 0 N–H and O–H groups in total. The summed E-state index contributed by atoms with van der Waals surface area (Å²) in [7, 11) is 1.54. The third-order valence-electron chi connectivity index (χ3n) is 5.81. The molecule has 4 rings (SSSR count). The number of carbonyl (C=O) groups is 3. The third kappa shape index (κ3) is 3.75. The van der Waals surface area contributed by atoms with Gasteiger partial charge in [-0.2, -0.15) is 0 Å². The molecule has 0 bridgehead atoms. The summed E-state index contributed by atoms with van der Waals surface area (Å²) < 4.78 is 5.52. The lowest BCUT2D eigenvalue weighted by molar-refractivity contribution is -0.139. The topological polar surface area (TPSA) is 63.7 Å². The lowest BCUT2D eigenvalue weighted by atomic mass is 9.84. The monoisotopic (exact) mass is 447 g/mol. The number of hydrogen-bond acceptors (Lipinski definition) is 5. The molecule has 0 spiro atoms. The molecule has 0 saturated carbocycles. The molecule has 32 heavy (non-hydrogen) atoms. The smallest absolute Gasteiger partial charge is 0.295 e. The summed E-state index contributed by atoms with van der Waals surface area (Å²) in [5, 5.41) is 0. The van der Waals surface area contributed by atoms with Crippen LogP contribution in [0.2, 0.25) is 0 Å². The Bertz CT molecular complexity index is 1180. The zero-order chi connectivity index (χ0) is 23.0. The Labute approximate surface area is 191 Å². The number of amides is 1. The van der Waals surface area contributed by atoms with Gasteiger partial charge in [-0.3, -0.25) is 19.3 Å². The first kappa shape index (κ1) is 22.0. The van der Waals surface area contributed by atoms with Crippen molar-refractivity contribution < 1.29 is 19.1 Å². The number of nitrogens with zero attached hydrogens (tertiary/aromatic N) is 1. The Hall–Kier alpha value is -3.25. The van der Waals surface area contributed by atoms with Crippen molar-refractivity contribution in [3.05, 3.63) is 71.1 Å². The number of ketones is 2. The molecular weight excluding hydrogens is 422 g/mol. The highest BCUT2D eigenvalue weighted by atomic mass is 32.1. The summed E-state index contributed by atoms with van der Waals surface area (Å²) in [6, 6.07) is 18.2. The number of rotatable bonds is 6. The Kier molecular flexibility index (Phi) is 5.98. The predicted octanol–water partition coefficient (Wildman–Crippen LogP) is 5.23. The number of para-hydroxylation sites is 1. The molecule has 0 aliphatic carbocycles. The fraction of sp³-hybridized carbons (Fsp3) is 0.269. The van der Waals surface area contributed by atoms with E-state index < -0.39 is 23.7 Å². The van der Waals surface area contributed by atoms with E-state index in [-0.39, 0.29) is 11.7 Å². The molecule has 164 valence electrons. The van der Waals surface area contributed by atoms with Crippen LogP contribution in [0, 0.1) is 18.8 Å². The van der Waals surface area contributed by atoms with Crippen molar-refractivity contribution in [3.63, 3.8) is 0 Å². The van der Waals surface area contributed by atoms with Crippen LogP contribution < -0.4 is 9.64 Å². The minimum absolute atomic E-state index is 0.243. The van der Waals surface area contributed by atoms with E-state index in [9.17, 15) is 14.4 Å². The summed E-state index contributed by atoms with van der Waals surface area (Å²) in [6.07, 6.45) is 0. The highest BCUT2D eigenvalue weighted by Gasteiger charge is 2.53. The quantitative estimate of drug-likeness (QED) is 0.383. The molecule has 1 saturated heterocycles. The standard InChI is InChI=1S/C26H25NO4S/c1-15(2)24(28)22-23(19-7-5-6-8-20(19)31-4)27(26(30)25(22)29)18-12-10-17(11-13-18)21-14-9-16(3)32-21/h5-15,22-23H,1-4H3. The maximum Gasteiger partial charge on any atom is 0.295 e. The molecule has 5 nitrogen and oxygen atoms in total. The number of methoxy groups -OCH3 is 1. The van der Waals surface area contributed by atoms with Gasteiger partial charge in [0, 0.05) is 26.9 Å². The second-order valence-corrected chi connectivity index (χ2v) is 9.51. The third-order valence-corrected chi connectivity index (χ3v) is 6.86. The first-order chi connectivity index (χ1) is 15.3. The van der Waals surface area contributed by atoms with E-state index in [1.807, 2.05) is 42.5 Å². The number of carbonyl (C=O) groups excluding carboxylic acids is 3. The largest absolute Gasteiger partial charge is 0.496 e. The first-order valence-electron chi connectivity index (χ1n) is 10.5. The van der Waals surface area contributed by atoms with Crippen molar-refractivity contribution in [1.29, 1.82) is 0 Å². The normalized spacial score (nSPS) is 18.5. The molecule has 3 aromatic rings. The van der Waals surface area contributed by atoms with Crippen LogP contribution in [0.4, 0.5) is 5.69 Å². The molecule has 1 amide bonds. The lowest BCUT2D eigenvalue weighted by Gasteiger charge is -2.29. The molecule has 2 unspecified atom stereocenters. The highest BCUT2D eigenvalue weighted by Crippen LogP contribution is 2.44. The second-order valence-electron chi connectivity index (χ2n) is 8.22. The van der Waals surface area contributed by atoms with Crippen LogP contribution >= 0.6 is 11.3 Å². The van der Waals surface area contributed by atoms with Crippen LogP contribution in [0.5, 0.6) is 5.75 Å². The number of Topliss-reactive ketones (excluding diaryl/α,β-unsaturated/α-hetero) is 2. The predicted molar refractivity (Wildman–Crippen MR) is 126 cm³/mol. The molecule has 2 atom stereocenters. The molecule has 1 fully saturated rings. The van der Waals surface area contributed by atoms with E-state index in [2.05, 4.69) is 19.1 Å². The van der Waals surface area contributed by atoms with Gasteiger partial charge in [-0.25, -0.2) is 0 Å². The Morgan fingerprint density at radius 1 is 1.00 bits per heavy atom. The molecule has 1 aromatic heterocycles. The average Bonchev–Trinajstić information content (AvgIpc) is 3.34. The van der Waals surface area contributed by atoms with Gasteiger partial charge in [0.25, 0.3) is 5.91 Å².